The molecular weight excluding hydrogens is 304 g/mol. The van der Waals surface area contributed by atoms with Gasteiger partial charge in [-0.05, 0) is 36.2 Å². The Labute approximate surface area is 119 Å². The number of aryl methyl sites for hydroxylation is 1. The quantitative estimate of drug-likeness (QED) is 0.750. The molecule has 3 aromatic rings. The zero-order valence-electron chi connectivity index (χ0n) is 10.4. The van der Waals surface area contributed by atoms with Crippen LogP contribution in [0.1, 0.15) is 23.0 Å². The predicted molar refractivity (Wildman–Crippen MR) is 79.2 cm³/mol. The number of fused-ring (bicyclic) bond motifs is 1. The fourth-order valence-electron chi connectivity index (χ4n) is 2.20. The standard InChI is InChI=1S/C16H13BrO2/c1-10-4-2-6-12-9-14(19-16(10)12)15(18)11-5-3-7-13(17)8-11/h2-9,15,18H,1H3. The average Bonchev–Trinajstić information content (AvgIpc) is 2.83. The van der Waals surface area contributed by atoms with Crippen LogP contribution in [0.2, 0.25) is 0 Å². The van der Waals surface area contributed by atoms with Gasteiger partial charge in [-0.1, -0.05) is 46.3 Å². The second-order valence-electron chi connectivity index (χ2n) is 4.60. The Kier molecular flexibility index (Phi) is 3.17. The summed E-state index contributed by atoms with van der Waals surface area (Å²) in [7, 11) is 0. The molecule has 0 saturated carbocycles. The third kappa shape index (κ3) is 2.31. The molecule has 0 bridgehead atoms. The molecular formula is C16H13BrO2. The van der Waals surface area contributed by atoms with E-state index in [2.05, 4.69) is 15.9 Å². The largest absolute Gasteiger partial charge is 0.458 e. The van der Waals surface area contributed by atoms with Crippen molar-refractivity contribution in [1.29, 1.82) is 0 Å². The maximum Gasteiger partial charge on any atom is 0.138 e. The fraction of sp³-hybridized carbons (Fsp3) is 0.125. The summed E-state index contributed by atoms with van der Waals surface area (Å²) in [6.07, 6.45) is -0.746. The van der Waals surface area contributed by atoms with Gasteiger partial charge in [0.1, 0.15) is 17.4 Å². The fourth-order valence-corrected chi connectivity index (χ4v) is 2.62. The molecule has 3 rings (SSSR count). The lowest BCUT2D eigenvalue weighted by molar-refractivity contribution is 0.192. The Morgan fingerprint density at radius 1 is 1.11 bits per heavy atom. The molecule has 3 heteroatoms. The smallest absolute Gasteiger partial charge is 0.138 e. The van der Waals surface area contributed by atoms with Gasteiger partial charge in [0.25, 0.3) is 0 Å². The first-order chi connectivity index (χ1) is 9.15. The Balaban J connectivity index is 2.06. The van der Waals surface area contributed by atoms with Crippen LogP contribution < -0.4 is 0 Å². The van der Waals surface area contributed by atoms with Crippen LogP contribution in [-0.4, -0.2) is 5.11 Å². The Morgan fingerprint density at radius 2 is 1.89 bits per heavy atom. The van der Waals surface area contributed by atoms with Crippen LogP contribution in [0, 0.1) is 6.92 Å². The highest BCUT2D eigenvalue weighted by Gasteiger charge is 2.16. The van der Waals surface area contributed by atoms with Gasteiger partial charge in [0.05, 0.1) is 0 Å². The second kappa shape index (κ2) is 4.83. The lowest BCUT2D eigenvalue weighted by Gasteiger charge is -2.08. The molecule has 0 fully saturated rings. The molecule has 2 nitrogen and oxygen atoms in total. The average molecular weight is 317 g/mol. The highest BCUT2D eigenvalue weighted by atomic mass is 79.9. The molecule has 1 aromatic heterocycles. The number of para-hydroxylation sites is 1. The molecule has 0 radical (unpaired) electrons. The summed E-state index contributed by atoms with van der Waals surface area (Å²) in [5.74, 6) is 0.572. The zero-order valence-corrected chi connectivity index (χ0v) is 12.0. The van der Waals surface area contributed by atoms with Gasteiger partial charge in [0.15, 0.2) is 0 Å². The number of hydrogen-bond donors (Lipinski definition) is 1. The number of rotatable bonds is 2. The van der Waals surface area contributed by atoms with E-state index in [-0.39, 0.29) is 0 Å². The van der Waals surface area contributed by atoms with Crippen molar-refractivity contribution >= 4 is 26.9 Å². The van der Waals surface area contributed by atoms with Gasteiger partial charge in [-0.3, -0.25) is 0 Å². The van der Waals surface area contributed by atoms with E-state index in [9.17, 15) is 5.11 Å². The Morgan fingerprint density at radius 3 is 2.63 bits per heavy atom. The maximum absolute atomic E-state index is 10.4. The summed E-state index contributed by atoms with van der Waals surface area (Å²) in [6.45, 7) is 2.00. The molecule has 1 unspecified atom stereocenters. The molecule has 0 saturated heterocycles. The summed E-state index contributed by atoms with van der Waals surface area (Å²) in [6, 6.07) is 15.5. The number of benzene rings is 2. The first kappa shape index (κ1) is 12.5. The Bertz CT molecular complexity index is 730. The number of aliphatic hydroxyl groups is 1. The van der Waals surface area contributed by atoms with Crippen molar-refractivity contribution in [2.24, 2.45) is 0 Å². The van der Waals surface area contributed by atoms with Crippen LogP contribution in [0.4, 0.5) is 0 Å². The van der Waals surface area contributed by atoms with Crippen molar-refractivity contribution in [2.45, 2.75) is 13.0 Å². The van der Waals surface area contributed by atoms with Gasteiger partial charge in [0, 0.05) is 9.86 Å². The van der Waals surface area contributed by atoms with E-state index in [0.717, 1.165) is 26.6 Å². The first-order valence-electron chi connectivity index (χ1n) is 6.08. The molecule has 19 heavy (non-hydrogen) atoms. The minimum Gasteiger partial charge on any atom is -0.458 e. The molecule has 0 amide bonds. The third-order valence-corrected chi connectivity index (χ3v) is 3.69. The molecule has 1 atom stereocenters. The number of furan rings is 1. The topological polar surface area (TPSA) is 33.4 Å². The van der Waals surface area contributed by atoms with Gasteiger partial charge >= 0.3 is 0 Å². The Hall–Kier alpha value is -1.58. The molecule has 0 spiro atoms. The minimum absolute atomic E-state index is 0.572. The summed E-state index contributed by atoms with van der Waals surface area (Å²) < 4.78 is 6.73. The van der Waals surface area contributed by atoms with Gasteiger partial charge in [0.2, 0.25) is 0 Å². The van der Waals surface area contributed by atoms with Crippen molar-refractivity contribution < 1.29 is 9.52 Å². The summed E-state index contributed by atoms with van der Waals surface area (Å²) in [5, 5.41) is 11.4. The van der Waals surface area contributed by atoms with Crippen molar-refractivity contribution in [3.05, 3.63) is 69.9 Å². The minimum atomic E-state index is -0.746. The normalized spacial score (nSPS) is 12.8. The van der Waals surface area contributed by atoms with Crippen molar-refractivity contribution in [2.75, 3.05) is 0 Å². The van der Waals surface area contributed by atoms with Gasteiger partial charge < -0.3 is 9.52 Å². The predicted octanol–water partition coefficient (Wildman–Crippen LogP) is 4.59. The van der Waals surface area contributed by atoms with Crippen molar-refractivity contribution in [3.63, 3.8) is 0 Å². The molecule has 2 aromatic carbocycles. The van der Waals surface area contributed by atoms with Gasteiger partial charge in [-0.2, -0.15) is 0 Å². The lowest BCUT2D eigenvalue weighted by atomic mass is 10.1. The summed E-state index contributed by atoms with van der Waals surface area (Å²) >= 11 is 3.41. The molecule has 0 aliphatic carbocycles. The number of halogens is 1. The van der Waals surface area contributed by atoms with E-state index in [1.54, 1.807) is 0 Å². The monoisotopic (exact) mass is 316 g/mol. The van der Waals surface area contributed by atoms with E-state index < -0.39 is 6.10 Å². The van der Waals surface area contributed by atoms with Gasteiger partial charge in [-0.25, -0.2) is 0 Å². The lowest BCUT2D eigenvalue weighted by Crippen LogP contribution is -1.97. The van der Waals surface area contributed by atoms with Crippen LogP contribution in [0.3, 0.4) is 0 Å². The molecule has 0 aliphatic heterocycles. The maximum atomic E-state index is 10.4. The van der Waals surface area contributed by atoms with Crippen LogP contribution in [0.25, 0.3) is 11.0 Å². The van der Waals surface area contributed by atoms with Crippen molar-refractivity contribution in [3.8, 4) is 0 Å². The first-order valence-corrected chi connectivity index (χ1v) is 6.87. The van der Waals surface area contributed by atoms with E-state index in [1.165, 1.54) is 0 Å². The molecule has 0 aliphatic rings. The van der Waals surface area contributed by atoms with E-state index in [1.807, 2.05) is 55.5 Å². The van der Waals surface area contributed by atoms with Gasteiger partial charge in [-0.15, -0.1) is 0 Å². The van der Waals surface area contributed by atoms with E-state index >= 15 is 0 Å². The molecule has 1 N–H and O–H groups in total. The van der Waals surface area contributed by atoms with Crippen LogP contribution in [0.5, 0.6) is 0 Å². The summed E-state index contributed by atoms with van der Waals surface area (Å²) in [5.41, 5.74) is 2.72. The highest BCUT2D eigenvalue weighted by molar-refractivity contribution is 9.10. The molecule has 1 heterocycles. The third-order valence-electron chi connectivity index (χ3n) is 3.19. The van der Waals surface area contributed by atoms with E-state index in [0.29, 0.717) is 5.76 Å². The molecule has 96 valence electrons. The second-order valence-corrected chi connectivity index (χ2v) is 5.52. The van der Waals surface area contributed by atoms with Crippen LogP contribution in [0.15, 0.2) is 57.4 Å². The van der Waals surface area contributed by atoms with Crippen LogP contribution >= 0.6 is 15.9 Å². The van der Waals surface area contributed by atoms with E-state index in [4.69, 9.17) is 4.42 Å². The van der Waals surface area contributed by atoms with Crippen LogP contribution in [-0.2, 0) is 0 Å². The number of aliphatic hydroxyl groups excluding tert-OH is 1. The zero-order chi connectivity index (χ0) is 13.4. The summed E-state index contributed by atoms with van der Waals surface area (Å²) in [4.78, 5) is 0. The SMILES string of the molecule is Cc1cccc2cc(C(O)c3cccc(Br)c3)oc12. The number of hydrogen-bond acceptors (Lipinski definition) is 2. The highest BCUT2D eigenvalue weighted by Crippen LogP contribution is 2.30. The van der Waals surface area contributed by atoms with Crippen molar-refractivity contribution in [1.82, 2.24) is 0 Å².